The second-order valence-corrected chi connectivity index (χ2v) is 8.21. The van der Waals surface area contributed by atoms with Gasteiger partial charge in [0, 0.05) is 41.7 Å². The summed E-state index contributed by atoms with van der Waals surface area (Å²) in [7, 11) is 2.17. The van der Waals surface area contributed by atoms with E-state index >= 15 is 0 Å². The minimum Gasteiger partial charge on any atom is -0.301 e. The molecule has 3 heterocycles. The molecule has 0 N–H and O–H groups in total. The van der Waals surface area contributed by atoms with E-state index in [0.717, 1.165) is 18.8 Å². The summed E-state index contributed by atoms with van der Waals surface area (Å²) in [5.41, 5.74) is 4.97. The van der Waals surface area contributed by atoms with Crippen molar-refractivity contribution in [3.8, 4) is 5.69 Å². The van der Waals surface area contributed by atoms with Crippen LogP contribution in [0.2, 0.25) is 0 Å². The van der Waals surface area contributed by atoms with Crippen LogP contribution < -0.4 is 5.56 Å². The minimum atomic E-state index is 0.00121. The molecule has 5 rings (SSSR count). The molecule has 0 spiro atoms. The van der Waals surface area contributed by atoms with Crippen molar-refractivity contribution < 1.29 is 0 Å². The van der Waals surface area contributed by atoms with E-state index in [1.54, 1.807) is 28.0 Å². The molecule has 1 atom stereocenters. The maximum absolute atomic E-state index is 12.2. The van der Waals surface area contributed by atoms with Crippen molar-refractivity contribution in [2.45, 2.75) is 12.5 Å². The Labute approximate surface area is 162 Å². The molecular formula is C23H20N2OS. The third-order valence-electron chi connectivity index (χ3n) is 5.42. The predicted molar refractivity (Wildman–Crippen MR) is 112 cm³/mol. The molecule has 3 nitrogen and oxygen atoms in total. The Morgan fingerprint density at radius 1 is 1.04 bits per heavy atom. The zero-order chi connectivity index (χ0) is 18.4. The number of nitrogens with zero attached hydrogens (tertiary/aromatic N) is 2. The average molecular weight is 372 g/mol. The molecule has 27 heavy (non-hydrogen) atoms. The molecule has 0 radical (unpaired) electrons. The van der Waals surface area contributed by atoms with Crippen LogP contribution in [0, 0.1) is 0 Å². The van der Waals surface area contributed by atoms with Gasteiger partial charge in [-0.1, -0.05) is 24.3 Å². The normalized spacial score (nSPS) is 17.1. The van der Waals surface area contributed by atoms with Crippen LogP contribution in [-0.4, -0.2) is 23.1 Å². The Morgan fingerprint density at radius 2 is 1.96 bits per heavy atom. The Hall–Kier alpha value is -2.69. The van der Waals surface area contributed by atoms with Crippen LogP contribution in [0.15, 0.2) is 77.0 Å². The first-order valence-corrected chi connectivity index (χ1v) is 10.0. The van der Waals surface area contributed by atoms with Crippen molar-refractivity contribution in [3.05, 3.63) is 99.3 Å². The lowest BCUT2D eigenvalue weighted by Crippen LogP contribution is -2.31. The van der Waals surface area contributed by atoms with Crippen LogP contribution in [0.4, 0.5) is 0 Å². The molecule has 1 aliphatic rings. The van der Waals surface area contributed by atoms with E-state index in [0.29, 0.717) is 5.92 Å². The third kappa shape index (κ3) is 2.91. The summed E-state index contributed by atoms with van der Waals surface area (Å²) in [6, 6.07) is 20.7. The summed E-state index contributed by atoms with van der Waals surface area (Å²) in [6.45, 7) is 1.91. The molecule has 0 aliphatic carbocycles. The summed E-state index contributed by atoms with van der Waals surface area (Å²) in [5, 5.41) is 3.46. The SMILES string of the molecule is CN1Cc2cc(-n3ccccc3=O)ccc2C(c2ccc3ccsc3c2)C1. The minimum absolute atomic E-state index is 0.00121. The molecule has 1 aliphatic heterocycles. The number of thiophene rings is 1. The molecule has 2 aromatic carbocycles. The smallest absolute Gasteiger partial charge is 0.255 e. The number of hydrogen-bond donors (Lipinski definition) is 0. The molecular weight excluding hydrogens is 352 g/mol. The highest BCUT2D eigenvalue weighted by molar-refractivity contribution is 7.17. The van der Waals surface area contributed by atoms with E-state index in [-0.39, 0.29) is 5.56 Å². The van der Waals surface area contributed by atoms with Gasteiger partial charge >= 0.3 is 0 Å². The zero-order valence-electron chi connectivity index (χ0n) is 15.1. The zero-order valence-corrected chi connectivity index (χ0v) is 15.9. The van der Waals surface area contributed by atoms with E-state index in [2.05, 4.69) is 59.8 Å². The van der Waals surface area contributed by atoms with Crippen molar-refractivity contribution in [2.75, 3.05) is 13.6 Å². The predicted octanol–water partition coefficient (Wildman–Crippen LogP) is 4.63. The summed E-state index contributed by atoms with van der Waals surface area (Å²) in [5.74, 6) is 0.354. The van der Waals surface area contributed by atoms with Gasteiger partial charge in [-0.25, -0.2) is 0 Å². The van der Waals surface area contributed by atoms with Crippen LogP contribution in [0.5, 0.6) is 0 Å². The molecule has 0 fully saturated rings. The molecule has 1 unspecified atom stereocenters. The second-order valence-electron chi connectivity index (χ2n) is 7.26. The van der Waals surface area contributed by atoms with Crippen molar-refractivity contribution in [1.82, 2.24) is 9.47 Å². The summed E-state index contributed by atoms with van der Waals surface area (Å²) in [4.78, 5) is 14.6. The van der Waals surface area contributed by atoms with E-state index in [9.17, 15) is 4.79 Å². The number of benzene rings is 2. The lowest BCUT2D eigenvalue weighted by atomic mass is 9.84. The molecule has 2 aromatic heterocycles. The highest BCUT2D eigenvalue weighted by Gasteiger charge is 2.25. The first-order valence-electron chi connectivity index (χ1n) is 9.15. The molecule has 0 saturated carbocycles. The van der Waals surface area contributed by atoms with Gasteiger partial charge in [0.15, 0.2) is 0 Å². The van der Waals surface area contributed by atoms with E-state index in [4.69, 9.17) is 0 Å². The highest BCUT2D eigenvalue weighted by Crippen LogP contribution is 2.36. The number of pyridine rings is 1. The van der Waals surface area contributed by atoms with Gasteiger partial charge in [0.2, 0.25) is 0 Å². The lowest BCUT2D eigenvalue weighted by molar-refractivity contribution is 0.295. The Bertz CT molecular complexity index is 1190. The highest BCUT2D eigenvalue weighted by atomic mass is 32.1. The Balaban J connectivity index is 1.61. The fraction of sp³-hybridized carbons (Fsp3) is 0.174. The van der Waals surface area contributed by atoms with Gasteiger partial charge in [0.05, 0.1) is 0 Å². The standard InChI is InChI=1S/C23H20N2OS/c1-24-14-18-12-19(25-10-3-2-4-23(25)26)7-8-20(18)21(15-24)17-6-5-16-9-11-27-22(16)13-17/h2-13,21H,14-15H2,1H3. The van der Waals surface area contributed by atoms with E-state index in [1.807, 2.05) is 12.3 Å². The molecule has 4 heteroatoms. The van der Waals surface area contributed by atoms with Crippen LogP contribution >= 0.6 is 11.3 Å². The topological polar surface area (TPSA) is 25.2 Å². The van der Waals surface area contributed by atoms with Crippen molar-refractivity contribution in [2.24, 2.45) is 0 Å². The summed E-state index contributed by atoms with van der Waals surface area (Å²) in [6.07, 6.45) is 1.83. The fourth-order valence-electron chi connectivity index (χ4n) is 4.10. The van der Waals surface area contributed by atoms with Gasteiger partial charge in [-0.15, -0.1) is 11.3 Å². The maximum Gasteiger partial charge on any atom is 0.255 e. The van der Waals surface area contributed by atoms with Gasteiger partial charge in [0.1, 0.15) is 0 Å². The van der Waals surface area contributed by atoms with Gasteiger partial charge < -0.3 is 4.90 Å². The quantitative estimate of drug-likeness (QED) is 0.513. The van der Waals surface area contributed by atoms with Crippen LogP contribution in [0.3, 0.4) is 0 Å². The first kappa shape index (κ1) is 16.5. The maximum atomic E-state index is 12.2. The summed E-state index contributed by atoms with van der Waals surface area (Å²) < 4.78 is 3.05. The molecule has 4 aromatic rings. The Kier molecular flexibility index (Phi) is 3.96. The Morgan fingerprint density at radius 3 is 2.85 bits per heavy atom. The van der Waals surface area contributed by atoms with Gasteiger partial charge in [-0.05, 0) is 64.8 Å². The lowest BCUT2D eigenvalue weighted by Gasteiger charge is -2.33. The number of aromatic nitrogens is 1. The third-order valence-corrected chi connectivity index (χ3v) is 6.30. The van der Waals surface area contributed by atoms with E-state index < -0.39 is 0 Å². The van der Waals surface area contributed by atoms with Crippen LogP contribution in [0.1, 0.15) is 22.6 Å². The van der Waals surface area contributed by atoms with E-state index in [1.165, 1.54) is 26.8 Å². The number of likely N-dealkylation sites (N-methyl/N-ethyl adjacent to an activating group) is 1. The van der Waals surface area contributed by atoms with Crippen LogP contribution in [0.25, 0.3) is 15.8 Å². The summed E-state index contributed by atoms with van der Waals surface area (Å²) >= 11 is 1.80. The van der Waals surface area contributed by atoms with Gasteiger partial charge in [-0.3, -0.25) is 9.36 Å². The average Bonchev–Trinajstić information content (AvgIpc) is 3.15. The number of fused-ring (bicyclic) bond motifs is 2. The van der Waals surface area contributed by atoms with Crippen molar-refractivity contribution in [1.29, 1.82) is 0 Å². The number of rotatable bonds is 2. The molecule has 0 bridgehead atoms. The second kappa shape index (κ2) is 6.48. The largest absolute Gasteiger partial charge is 0.301 e. The van der Waals surface area contributed by atoms with Crippen LogP contribution in [-0.2, 0) is 6.54 Å². The van der Waals surface area contributed by atoms with Crippen molar-refractivity contribution >= 4 is 21.4 Å². The molecule has 0 amide bonds. The monoisotopic (exact) mass is 372 g/mol. The first-order chi connectivity index (χ1) is 13.2. The van der Waals surface area contributed by atoms with Gasteiger partial charge in [-0.2, -0.15) is 0 Å². The fourth-order valence-corrected chi connectivity index (χ4v) is 4.94. The van der Waals surface area contributed by atoms with Crippen molar-refractivity contribution in [3.63, 3.8) is 0 Å². The molecule has 0 saturated heterocycles. The van der Waals surface area contributed by atoms with Gasteiger partial charge in [0.25, 0.3) is 5.56 Å². The molecule has 134 valence electrons. The number of hydrogen-bond acceptors (Lipinski definition) is 3.